The number of aliphatic hydroxyl groups excluding tert-OH is 1. The van der Waals surface area contributed by atoms with Gasteiger partial charge in [0.15, 0.2) is 5.65 Å². The third-order valence-electron chi connectivity index (χ3n) is 6.22. The summed E-state index contributed by atoms with van der Waals surface area (Å²) in [5.74, 6) is 1.80. The number of carbonyl (C=O) groups excluding carboxylic acids is 1. The largest absolute Gasteiger partial charge is 0.391 e. The molecule has 2 aromatic heterocycles. The minimum atomic E-state index is -0.366. The van der Waals surface area contributed by atoms with Crippen LogP contribution in [0.2, 0.25) is 0 Å². The number of piperidine rings is 2. The summed E-state index contributed by atoms with van der Waals surface area (Å²) >= 11 is 0. The van der Waals surface area contributed by atoms with Crippen molar-refractivity contribution < 1.29 is 9.90 Å². The standard InChI is InChI=1S/C21H33N7O2/c1-13(2)16-11-25-28-19(27-21(30)14-3-6-22-7-4-14)9-18(26-20(16)28)24-10-15-5-8-23-12-17(15)29/h9,11,13-15,17,22-23,29H,3-8,10,12H2,1-2H3,(H,24,26)(H,27,30). The van der Waals surface area contributed by atoms with Crippen LogP contribution in [0.15, 0.2) is 12.3 Å². The summed E-state index contributed by atoms with van der Waals surface area (Å²) in [6.07, 6.45) is 4.06. The molecule has 1 amide bonds. The Labute approximate surface area is 177 Å². The molecule has 0 aliphatic carbocycles. The van der Waals surface area contributed by atoms with Crippen LogP contribution in [0, 0.1) is 11.8 Å². The topological polar surface area (TPSA) is 116 Å². The lowest BCUT2D eigenvalue weighted by molar-refractivity contribution is -0.120. The summed E-state index contributed by atoms with van der Waals surface area (Å²) in [7, 11) is 0. The second-order valence-electron chi connectivity index (χ2n) is 8.73. The highest BCUT2D eigenvalue weighted by Gasteiger charge is 2.24. The summed E-state index contributed by atoms with van der Waals surface area (Å²) < 4.78 is 1.72. The molecule has 4 heterocycles. The number of aliphatic hydroxyl groups is 1. The molecule has 30 heavy (non-hydrogen) atoms. The van der Waals surface area contributed by atoms with Crippen molar-refractivity contribution in [3.8, 4) is 0 Å². The van der Waals surface area contributed by atoms with Gasteiger partial charge in [-0.25, -0.2) is 4.98 Å². The van der Waals surface area contributed by atoms with Gasteiger partial charge in [-0.1, -0.05) is 13.8 Å². The molecule has 2 saturated heterocycles. The number of carbonyl (C=O) groups is 1. The molecule has 0 aromatic carbocycles. The summed E-state index contributed by atoms with van der Waals surface area (Å²) in [6.45, 7) is 8.13. The molecule has 2 unspecified atom stereocenters. The smallest absolute Gasteiger partial charge is 0.228 e. The van der Waals surface area contributed by atoms with E-state index in [0.29, 0.717) is 24.7 Å². The van der Waals surface area contributed by atoms with E-state index in [-0.39, 0.29) is 29.8 Å². The van der Waals surface area contributed by atoms with Crippen molar-refractivity contribution in [2.75, 3.05) is 43.4 Å². The summed E-state index contributed by atoms with van der Waals surface area (Å²) in [4.78, 5) is 17.6. The van der Waals surface area contributed by atoms with Gasteiger partial charge in [0.1, 0.15) is 11.6 Å². The number of nitrogens with one attached hydrogen (secondary N) is 4. The average molecular weight is 416 g/mol. The third-order valence-corrected chi connectivity index (χ3v) is 6.22. The fraction of sp³-hybridized carbons (Fsp3) is 0.667. The third kappa shape index (κ3) is 4.58. The number of rotatable bonds is 6. The first kappa shape index (κ1) is 21.0. The Morgan fingerprint density at radius 3 is 2.77 bits per heavy atom. The molecule has 2 fully saturated rings. The lowest BCUT2D eigenvalue weighted by atomic mass is 9.95. The van der Waals surface area contributed by atoms with Crippen molar-refractivity contribution in [1.82, 2.24) is 25.2 Å². The van der Waals surface area contributed by atoms with E-state index in [0.717, 1.165) is 50.1 Å². The summed E-state index contributed by atoms with van der Waals surface area (Å²) in [6, 6.07) is 1.84. The molecule has 0 spiro atoms. The van der Waals surface area contributed by atoms with Gasteiger partial charge in [-0.3, -0.25) is 4.79 Å². The normalized spacial score (nSPS) is 23.1. The van der Waals surface area contributed by atoms with Crippen molar-refractivity contribution in [2.45, 2.75) is 45.1 Å². The first-order valence-electron chi connectivity index (χ1n) is 11.1. The Kier molecular flexibility index (Phi) is 6.50. The number of anilines is 2. The molecule has 0 saturated carbocycles. The van der Waals surface area contributed by atoms with Gasteiger partial charge < -0.3 is 26.4 Å². The molecule has 2 atom stereocenters. The molecule has 5 N–H and O–H groups in total. The maximum atomic E-state index is 12.9. The van der Waals surface area contributed by atoms with E-state index in [1.165, 1.54) is 0 Å². The maximum Gasteiger partial charge on any atom is 0.228 e. The van der Waals surface area contributed by atoms with Gasteiger partial charge in [-0.15, -0.1) is 0 Å². The SMILES string of the molecule is CC(C)c1cnn2c(NC(=O)C3CCNCC3)cc(NCC3CCNCC3O)nc12. The Morgan fingerprint density at radius 2 is 2.03 bits per heavy atom. The van der Waals surface area contributed by atoms with Crippen LogP contribution in [0.3, 0.4) is 0 Å². The van der Waals surface area contributed by atoms with Crippen LogP contribution in [0.25, 0.3) is 5.65 Å². The van der Waals surface area contributed by atoms with E-state index in [1.807, 2.05) is 12.3 Å². The highest BCUT2D eigenvalue weighted by Crippen LogP contribution is 2.25. The molecule has 2 aromatic rings. The van der Waals surface area contributed by atoms with E-state index in [9.17, 15) is 9.90 Å². The summed E-state index contributed by atoms with van der Waals surface area (Å²) in [5, 5.41) is 27.7. The van der Waals surface area contributed by atoms with Crippen LogP contribution in [0.5, 0.6) is 0 Å². The quantitative estimate of drug-likeness (QED) is 0.481. The second-order valence-corrected chi connectivity index (χ2v) is 8.73. The van der Waals surface area contributed by atoms with E-state index in [4.69, 9.17) is 4.98 Å². The monoisotopic (exact) mass is 415 g/mol. The van der Waals surface area contributed by atoms with Crippen LogP contribution < -0.4 is 21.3 Å². The number of nitrogens with zero attached hydrogens (tertiary/aromatic N) is 3. The molecule has 2 aliphatic rings. The maximum absolute atomic E-state index is 12.9. The van der Waals surface area contributed by atoms with Crippen molar-refractivity contribution in [1.29, 1.82) is 0 Å². The van der Waals surface area contributed by atoms with Gasteiger partial charge in [-0.2, -0.15) is 9.61 Å². The summed E-state index contributed by atoms with van der Waals surface area (Å²) in [5.41, 5.74) is 1.79. The first-order chi connectivity index (χ1) is 14.5. The zero-order valence-electron chi connectivity index (χ0n) is 17.8. The lowest BCUT2D eigenvalue weighted by Crippen LogP contribution is -2.43. The van der Waals surface area contributed by atoms with Crippen molar-refractivity contribution in [3.05, 3.63) is 17.8 Å². The molecule has 0 radical (unpaired) electrons. The predicted molar refractivity (Wildman–Crippen MR) is 117 cm³/mol. The molecule has 0 bridgehead atoms. The van der Waals surface area contributed by atoms with Gasteiger partial charge in [0.2, 0.25) is 5.91 Å². The van der Waals surface area contributed by atoms with Crippen LogP contribution in [-0.4, -0.2) is 64.4 Å². The number of β-amino-alcohol motifs (C(OH)–C–C–N with tert-alkyl or cyclic N) is 1. The van der Waals surface area contributed by atoms with E-state index < -0.39 is 0 Å². The Bertz CT molecular complexity index is 876. The van der Waals surface area contributed by atoms with E-state index >= 15 is 0 Å². The minimum Gasteiger partial charge on any atom is -0.391 e. The molecule has 9 nitrogen and oxygen atoms in total. The van der Waals surface area contributed by atoms with Gasteiger partial charge in [0, 0.05) is 36.6 Å². The number of amides is 1. The zero-order chi connectivity index (χ0) is 21.1. The van der Waals surface area contributed by atoms with Crippen LogP contribution in [0.1, 0.15) is 44.6 Å². The highest BCUT2D eigenvalue weighted by molar-refractivity contribution is 5.92. The van der Waals surface area contributed by atoms with Gasteiger partial charge in [0.05, 0.1) is 12.3 Å². The molecular formula is C21H33N7O2. The van der Waals surface area contributed by atoms with Gasteiger partial charge in [-0.05, 0) is 44.8 Å². The molecule has 164 valence electrons. The van der Waals surface area contributed by atoms with Gasteiger partial charge in [0.25, 0.3) is 0 Å². The first-order valence-corrected chi connectivity index (χ1v) is 11.1. The molecule has 2 aliphatic heterocycles. The number of hydrogen-bond donors (Lipinski definition) is 5. The van der Waals surface area contributed by atoms with Gasteiger partial charge >= 0.3 is 0 Å². The molecular weight excluding hydrogens is 382 g/mol. The molecule has 9 heteroatoms. The fourth-order valence-corrected chi connectivity index (χ4v) is 4.25. The van der Waals surface area contributed by atoms with Crippen LogP contribution >= 0.6 is 0 Å². The number of fused-ring (bicyclic) bond motifs is 1. The molecule has 4 rings (SSSR count). The minimum absolute atomic E-state index is 0.0101. The average Bonchev–Trinajstić information content (AvgIpc) is 3.18. The Hall–Kier alpha value is -2.23. The van der Waals surface area contributed by atoms with Crippen molar-refractivity contribution in [3.63, 3.8) is 0 Å². The lowest BCUT2D eigenvalue weighted by Gasteiger charge is -2.28. The van der Waals surface area contributed by atoms with Crippen molar-refractivity contribution in [2.24, 2.45) is 11.8 Å². The van der Waals surface area contributed by atoms with Crippen LogP contribution in [0.4, 0.5) is 11.6 Å². The Balaban J connectivity index is 1.58. The van der Waals surface area contributed by atoms with E-state index in [2.05, 4.69) is 40.2 Å². The second kappa shape index (κ2) is 9.28. The number of hydrogen-bond acceptors (Lipinski definition) is 7. The van der Waals surface area contributed by atoms with E-state index in [1.54, 1.807) is 4.52 Å². The Morgan fingerprint density at radius 1 is 1.27 bits per heavy atom. The van der Waals surface area contributed by atoms with Crippen molar-refractivity contribution >= 4 is 23.2 Å². The fourth-order valence-electron chi connectivity index (χ4n) is 4.25. The van der Waals surface area contributed by atoms with Crippen LogP contribution in [-0.2, 0) is 4.79 Å². The predicted octanol–water partition coefficient (Wildman–Crippen LogP) is 1.17. The number of aromatic nitrogens is 3. The zero-order valence-corrected chi connectivity index (χ0v) is 17.8. The highest BCUT2D eigenvalue weighted by atomic mass is 16.3.